The number of halogens is 1. The molecule has 0 radical (unpaired) electrons. The summed E-state index contributed by atoms with van der Waals surface area (Å²) >= 11 is 0. The van der Waals surface area contributed by atoms with Gasteiger partial charge in [0.2, 0.25) is 0 Å². The van der Waals surface area contributed by atoms with Crippen molar-refractivity contribution in [2.75, 3.05) is 13.2 Å². The number of aromatic nitrogens is 1. The zero-order valence-corrected chi connectivity index (χ0v) is 23.0. The van der Waals surface area contributed by atoms with Crippen LogP contribution in [0.15, 0.2) is 36.4 Å². The highest BCUT2D eigenvalue weighted by atomic mass is 19.1. The van der Waals surface area contributed by atoms with Crippen molar-refractivity contribution >= 4 is 0 Å². The largest absolute Gasteiger partial charge is 0.491 e. The van der Waals surface area contributed by atoms with Crippen LogP contribution in [0.3, 0.4) is 0 Å². The number of pyridine rings is 1. The van der Waals surface area contributed by atoms with Gasteiger partial charge in [-0.3, -0.25) is 4.98 Å². The summed E-state index contributed by atoms with van der Waals surface area (Å²) in [6.07, 6.45) is 3.93. The van der Waals surface area contributed by atoms with E-state index in [1.807, 2.05) is 32.9 Å². The molecule has 3 rings (SSSR count). The molecule has 0 saturated heterocycles. The molecule has 2 aromatic carbocycles. The lowest BCUT2D eigenvalue weighted by Crippen LogP contribution is -2.11. The first-order valence-corrected chi connectivity index (χ1v) is 13.3. The van der Waals surface area contributed by atoms with Crippen LogP contribution in [-0.2, 0) is 6.42 Å². The molecule has 4 heteroatoms. The van der Waals surface area contributed by atoms with Gasteiger partial charge in [0.15, 0.2) is 0 Å². The second-order valence-electron chi connectivity index (χ2n) is 10.2. The molecule has 0 fully saturated rings. The van der Waals surface area contributed by atoms with E-state index in [9.17, 15) is 0 Å². The monoisotopic (exact) mass is 491 g/mol. The summed E-state index contributed by atoms with van der Waals surface area (Å²) in [4.78, 5) is 5.15. The number of aryl methyl sites for hydroxylation is 3. The number of nitrogens with zero attached hydrogens (tertiary/aromatic N) is 1. The molecule has 1 heterocycles. The third-order valence-corrected chi connectivity index (χ3v) is 7.44. The Morgan fingerprint density at radius 3 is 2.33 bits per heavy atom. The summed E-state index contributed by atoms with van der Waals surface area (Å²) in [5.41, 5.74) is 9.08. The third kappa shape index (κ3) is 6.34. The smallest absolute Gasteiger partial charge is 0.132 e. The molecule has 0 amide bonds. The summed E-state index contributed by atoms with van der Waals surface area (Å²) in [5.74, 6) is 1.20. The number of ether oxygens (including phenoxy) is 1. The molecule has 1 N–H and O–H groups in total. The summed E-state index contributed by atoms with van der Waals surface area (Å²) in [5, 5.41) is 9.07. The van der Waals surface area contributed by atoms with Crippen molar-refractivity contribution in [3.63, 3.8) is 0 Å². The minimum absolute atomic E-state index is 0.000803. The van der Waals surface area contributed by atoms with Crippen molar-refractivity contribution < 1.29 is 14.2 Å². The van der Waals surface area contributed by atoms with Gasteiger partial charge in [0, 0.05) is 17.2 Å². The number of aliphatic hydroxyl groups excluding tert-OH is 1. The predicted molar refractivity (Wildman–Crippen MR) is 148 cm³/mol. The predicted octanol–water partition coefficient (Wildman–Crippen LogP) is 8.13. The lowest BCUT2D eigenvalue weighted by atomic mass is 9.86. The molecule has 0 aliphatic heterocycles. The van der Waals surface area contributed by atoms with Gasteiger partial charge in [-0.1, -0.05) is 39.3 Å². The van der Waals surface area contributed by atoms with E-state index in [2.05, 4.69) is 45.9 Å². The Labute approximate surface area is 216 Å². The van der Waals surface area contributed by atoms with Crippen molar-refractivity contribution in [1.29, 1.82) is 0 Å². The Balaban J connectivity index is 2.09. The number of aliphatic hydroxyl groups is 1. The highest BCUT2D eigenvalue weighted by Gasteiger charge is 2.22. The molecule has 0 saturated carbocycles. The molecular formula is C32H42FNO2. The second-order valence-corrected chi connectivity index (χ2v) is 10.2. The van der Waals surface area contributed by atoms with Gasteiger partial charge in [-0.2, -0.15) is 0 Å². The molecule has 0 aliphatic carbocycles. The topological polar surface area (TPSA) is 42.4 Å². The van der Waals surface area contributed by atoms with Gasteiger partial charge < -0.3 is 9.84 Å². The van der Waals surface area contributed by atoms with Gasteiger partial charge in [0.1, 0.15) is 18.2 Å². The first-order chi connectivity index (χ1) is 17.2. The van der Waals surface area contributed by atoms with E-state index in [1.165, 1.54) is 11.1 Å². The minimum Gasteiger partial charge on any atom is -0.491 e. The van der Waals surface area contributed by atoms with Gasteiger partial charge in [0.05, 0.1) is 12.3 Å². The summed E-state index contributed by atoms with van der Waals surface area (Å²) in [6, 6.07) is 12.1. The van der Waals surface area contributed by atoms with Crippen LogP contribution in [-0.4, -0.2) is 23.3 Å². The van der Waals surface area contributed by atoms with E-state index >= 15 is 4.39 Å². The average Bonchev–Trinajstić information content (AvgIpc) is 2.85. The summed E-state index contributed by atoms with van der Waals surface area (Å²) < 4.78 is 20.9. The number of hydrogen-bond acceptors (Lipinski definition) is 3. The van der Waals surface area contributed by atoms with Crippen molar-refractivity contribution in [3.05, 3.63) is 81.3 Å². The standard InChI is InChI=1S/C32H42FNO2/c1-8-10-26(18-25-11-12-31(23(6)15-25)36-14-13-35)30-19-27(20(3)9-2)24(7)32(34-30)28-16-21(4)22(5)17-29(28)33/h11-12,15-17,19-20,26,35H,8-10,13-14,18H2,1-7H3. The molecule has 2 atom stereocenters. The molecular weight excluding hydrogens is 449 g/mol. The van der Waals surface area contributed by atoms with Gasteiger partial charge in [-0.15, -0.1) is 0 Å². The van der Waals surface area contributed by atoms with Crippen LogP contribution in [0, 0.1) is 33.5 Å². The van der Waals surface area contributed by atoms with Crippen LogP contribution in [0.5, 0.6) is 5.75 Å². The lowest BCUT2D eigenvalue weighted by Gasteiger charge is -2.23. The Bertz CT molecular complexity index is 1190. The van der Waals surface area contributed by atoms with Gasteiger partial charge >= 0.3 is 0 Å². The third-order valence-electron chi connectivity index (χ3n) is 7.44. The fourth-order valence-corrected chi connectivity index (χ4v) is 4.96. The van der Waals surface area contributed by atoms with E-state index in [4.69, 9.17) is 14.8 Å². The molecule has 2 unspecified atom stereocenters. The maximum Gasteiger partial charge on any atom is 0.132 e. The Kier molecular flexibility index (Phi) is 9.67. The minimum atomic E-state index is -0.206. The van der Waals surface area contributed by atoms with Crippen LogP contribution < -0.4 is 4.74 Å². The highest BCUT2D eigenvalue weighted by Crippen LogP contribution is 2.36. The van der Waals surface area contributed by atoms with E-state index in [1.54, 1.807) is 6.07 Å². The molecule has 1 aromatic heterocycles. The molecule has 3 aromatic rings. The first kappa shape index (κ1) is 27.9. The maximum atomic E-state index is 15.2. The number of benzene rings is 2. The van der Waals surface area contributed by atoms with Gasteiger partial charge in [-0.05, 0) is 111 Å². The summed E-state index contributed by atoms with van der Waals surface area (Å²) in [7, 11) is 0. The first-order valence-electron chi connectivity index (χ1n) is 13.3. The fourth-order valence-electron chi connectivity index (χ4n) is 4.96. The van der Waals surface area contributed by atoms with E-state index in [0.29, 0.717) is 18.1 Å². The maximum absolute atomic E-state index is 15.2. The Hall–Kier alpha value is -2.72. The number of hydrogen-bond donors (Lipinski definition) is 1. The normalized spacial score (nSPS) is 13.0. The van der Waals surface area contributed by atoms with E-state index < -0.39 is 0 Å². The van der Waals surface area contributed by atoms with Gasteiger partial charge in [0.25, 0.3) is 0 Å². The van der Waals surface area contributed by atoms with Crippen LogP contribution in [0.4, 0.5) is 4.39 Å². The van der Waals surface area contributed by atoms with Crippen LogP contribution in [0.25, 0.3) is 11.3 Å². The summed E-state index contributed by atoms with van der Waals surface area (Å²) in [6.45, 7) is 15.1. The Morgan fingerprint density at radius 2 is 1.69 bits per heavy atom. The van der Waals surface area contributed by atoms with E-state index in [-0.39, 0.29) is 18.3 Å². The molecule has 0 bridgehead atoms. The zero-order chi connectivity index (χ0) is 26.4. The van der Waals surface area contributed by atoms with Crippen molar-refractivity contribution in [2.24, 2.45) is 0 Å². The fraction of sp³-hybridized carbons (Fsp3) is 0.469. The van der Waals surface area contributed by atoms with Crippen LogP contribution >= 0.6 is 0 Å². The lowest BCUT2D eigenvalue weighted by molar-refractivity contribution is 0.200. The van der Waals surface area contributed by atoms with Gasteiger partial charge in [-0.25, -0.2) is 4.39 Å². The second kappa shape index (κ2) is 12.5. The molecule has 0 spiro atoms. The van der Waals surface area contributed by atoms with Crippen LogP contribution in [0.2, 0.25) is 0 Å². The molecule has 194 valence electrons. The SMILES string of the molecule is CCCC(Cc1ccc(OCCO)c(C)c1)c1cc(C(C)CC)c(C)c(-c2cc(C)c(C)cc2F)n1. The van der Waals surface area contributed by atoms with Crippen molar-refractivity contribution in [3.8, 4) is 17.0 Å². The molecule has 0 aliphatic rings. The molecule has 3 nitrogen and oxygen atoms in total. The van der Waals surface area contributed by atoms with Crippen LogP contribution in [0.1, 0.15) is 90.9 Å². The number of rotatable bonds is 11. The highest BCUT2D eigenvalue weighted by molar-refractivity contribution is 5.67. The average molecular weight is 492 g/mol. The van der Waals surface area contributed by atoms with E-state index in [0.717, 1.165) is 65.1 Å². The van der Waals surface area contributed by atoms with Crippen molar-refractivity contribution in [1.82, 2.24) is 4.98 Å². The molecule has 36 heavy (non-hydrogen) atoms. The Morgan fingerprint density at radius 1 is 0.972 bits per heavy atom. The quantitative estimate of drug-likeness (QED) is 0.294. The zero-order valence-electron chi connectivity index (χ0n) is 23.0. The van der Waals surface area contributed by atoms with Crippen molar-refractivity contribution in [2.45, 2.75) is 86.0 Å².